The van der Waals surface area contributed by atoms with E-state index in [1.54, 1.807) is 0 Å². The summed E-state index contributed by atoms with van der Waals surface area (Å²) in [5.41, 5.74) is 2.87. The van der Waals surface area contributed by atoms with E-state index in [1.165, 1.54) is 0 Å². The highest BCUT2D eigenvalue weighted by Gasteiger charge is 2.09. The van der Waals surface area contributed by atoms with Crippen LogP contribution in [-0.2, 0) is 0 Å². The number of carbonyl (C=O) groups excluding carboxylic acids is 1. The maximum Gasteiger partial charge on any atom is 0.251 e. The maximum atomic E-state index is 12.0. The van der Waals surface area contributed by atoms with Crippen LogP contribution in [0, 0.1) is 12.8 Å². The molecule has 0 aliphatic rings. The normalized spacial score (nSPS) is 10.6. The maximum absolute atomic E-state index is 12.0. The summed E-state index contributed by atoms with van der Waals surface area (Å²) in [5, 5.41) is 6.30. The van der Waals surface area contributed by atoms with Gasteiger partial charge in [0.15, 0.2) is 0 Å². The Morgan fingerprint density at radius 3 is 2.58 bits per heavy atom. The monoisotopic (exact) mass is 262 g/mol. The molecule has 3 heteroatoms. The standard InChI is InChI=1S/C16H26N2O/c1-5-9-17-14-6-7-15(13(4)11-14)16(19)18-10-8-12(2)3/h6-7,11-12,17H,5,8-10H2,1-4H3,(H,18,19). The van der Waals surface area contributed by atoms with Crippen LogP contribution in [0.25, 0.3) is 0 Å². The molecule has 2 N–H and O–H groups in total. The van der Waals surface area contributed by atoms with E-state index in [1.807, 2.05) is 25.1 Å². The van der Waals surface area contributed by atoms with Crippen LogP contribution in [0.1, 0.15) is 49.5 Å². The second kappa shape index (κ2) is 7.82. The fraction of sp³-hybridized carbons (Fsp3) is 0.562. The van der Waals surface area contributed by atoms with Gasteiger partial charge in [0.05, 0.1) is 0 Å². The molecule has 0 aromatic heterocycles. The van der Waals surface area contributed by atoms with Crippen LogP contribution in [0.3, 0.4) is 0 Å². The SMILES string of the molecule is CCCNc1ccc(C(=O)NCCC(C)C)c(C)c1. The lowest BCUT2D eigenvalue weighted by Gasteiger charge is -2.11. The van der Waals surface area contributed by atoms with Crippen molar-refractivity contribution in [3.63, 3.8) is 0 Å². The highest BCUT2D eigenvalue weighted by atomic mass is 16.1. The van der Waals surface area contributed by atoms with E-state index in [0.717, 1.165) is 42.7 Å². The van der Waals surface area contributed by atoms with E-state index < -0.39 is 0 Å². The Kier molecular flexibility index (Phi) is 6.40. The van der Waals surface area contributed by atoms with Gasteiger partial charge >= 0.3 is 0 Å². The highest BCUT2D eigenvalue weighted by Crippen LogP contribution is 2.15. The second-order valence-corrected chi connectivity index (χ2v) is 5.39. The minimum atomic E-state index is 0.0280. The molecule has 1 rings (SSSR count). The quantitative estimate of drug-likeness (QED) is 0.788. The molecule has 0 unspecified atom stereocenters. The molecule has 0 fully saturated rings. The Bertz CT molecular complexity index is 413. The molecule has 1 amide bonds. The summed E-state index contributed by atoms with van der Waals surface area (Å²) < 4.78 is 0. The van der Waals surface area contributed by atoms with Crippen molar-refractivity contribution in [2.24, 2.45) is 5.92 Å². The van der Waals surface area contributed by atoms with Crippen molar-refractivity contribution in [1.82, 2.24) is 5.32 Å². The van der Waals surface area contributed by atoms with Gasteiger partial charge in [-0.25, -0.2) is 0 Å². The molecule has 0 spiro atoms. The lowest BCUT2D eigenvalue weighted by atomic mass is 10.1. The lowest BCUT2D eigenvalue weighted by Crippen LogP contribution is -2.26. The Morgan fingerprint density at radius 2 is 2.00 bits per heavy atom. The van der Waals surface area contributed by atoms with Crippen LogP contribution in [0.2, 0.25) is 0 Å². The van der Waals surface area contributed by atoms with Gasteiger partial charge in [-0.1, -0.05) is 20.8 Å². The van der Waals surface area contributed by atoms with Crippen molar-refractivity contribution in [1.29, 1.82) is 0 Å². The predicted octanol–water partition coefficient (Wildman–Crippen LogP) is 3.59. The van der Waals surface area contributed by atoms with Gasteiger partial charge in [0.2, 0.25) is 0 Å². The molecule has 0 atom stereocenters. The molecule has 0 bridgehead atoms. The van der Waals surface area contributed by atoms with Crippen LogP contribution in [0.4, 0.5) is 5.69 Å². The summed E-state index contributed by atoms with van der Waals surface area (Å²) in [7, 11) is 0. The summed E-state index contributed by atoms with van der Waals surface area (Å²) in [6.45, 7) is 10.1. The first kappa shape index (κ1) is 15.5. The summed E-state index contributed by atoms with van der Waals surface area (Å²) in [6, 6.07) is 5.91. The molecule has 0 aliphatic carbocycles. The van der Waals surface area contributed by atoms with Crippen LogP contribution in [0.5, 0.6) is 0 Å². The number of aryl methyl sites for hydroxylation is 1. The lowest BCUT2D eigenvalue weighted by molar-refractivity contribution is 0.0951. The molecule has 0 aliphatic heterocycles. The van der Waals surface area contributed by atoms with Crippen LogP contribution < -0.4 is 10.6 Å². The second-order valence-electron chi connectivity index (χ2n) is 5.39. The number of benzene rings is 1. The zero-order valence-electron chi connectivity index (χ0n) is 12.5. The Labute approximate surface area is 116 Å². The molecular weight excluding hydrogens is 236 g/mol. The fourth-order valence-corrected chi connectivity index (χ4v) is 1.87. The first-order valence-corrected chi connectivity index (χ1v) is 7.17. The molecule has 1 aromatic rings. The number of anilines is 1. The summed E-state index contributed by atoms with van der Waals surface area (Å²) in [6.07, 6.45) is 2.11. The van der Waals surface area contributed by atoms with Crippen LogP contribution >= 0.6 is 0 Å². The van der Waals surface area contributed by atoms with Gasteiger partial charge in [0, 0.05) is 24.3 Å². The molecule has 1 aromatic carbocycles. The Hall–Kier alpha value is -1.51. The van der Waals surface area contributed by atoms with Crippen molar-refractivity contribution in [2.75, 3.05) is 18.4 Å². The fourth-order valence-electron chi connectivity index (χ4n) is 1.87. The minimum Gasteiger partial charge on any atom is -0.385 e. The molecule has 0 saturated carbocycles. The molecule has 19 heavy (non-hydrogen) atoms. The zero-order valence-corrected chi connectivity index (χ0v) is 12.5. The average molecular weight is 262 g/mol. The number of carbonyl (C=O) groups is 1. The molecule has 0 heterocycles. The summed E-state index contributed by atoms with van der Waals surface area (Å²) in [5.74, 6) is 0.641. The van der Waals surface area contributed by atoms with Gasteiger partial charge in [-0.3, -0.25) is 4.79 Å². The van der Waals surface area contributed by atoms with Crippen molar-refractivity contribution >= 4 is 11.6 Å². The van der Waals surface area contributed by atoms with Crippen LogP contribution in [-0.4, -0.2) is 19.0 Å². The Morgan fingerprint density at radius 1 is 1.26 bits per heavy atom. The van der Waals surface area contributed by atoms with E-state index in [0.29, 0.717) is 5.92 Å². The summed E-state index contributed by atoms with van der Waals surface area (Å²) >= 11 is 0. The van der Waals surface area contributed by atoms with E-state index in [2.05, 4.69) is 31.4 Å². The zero-order chi connectivity index (χ0) is 14.3. The van der Waals surface area contributed by atoms with Crippen molar-refractivity contribution in [3.05, 3.63) is 29.3 Å². The molecule has 3 nitrogen and oxygen atoms in total. The first-order chi connectivity index (χ1) is 9.04. The van der Waals surface area contributed by atoms with Crippen molar-refractivity contribution in [3.8, 4) is 0 Å². The summed E-state index contributed by atoms with van der Waals surface area (Å²) in [4.78, 5) is 12.0. The largest absolute Gasteiger partial charge is 0.385 e. The number of rotatable bonds is 7. The smallest absolute Gasteiger partial charge is 0.251 e. The van der Waals surface area contributed by atoms with Gasteiger partial charge in [-0.2, -0.15) is 0 Å². The van der Waals surface area contributed by atoms with E-state index in [4.69, 9.17) is 0 Å². The number of hydrogen-bond acceptors (Lipinski definition) is 2. The average Bonchev–Trinajstić information content (AvgIpc) is 2.35. The highest BCUT2D eigenvalue weighted by molar-refractivity contribution is 5.96. The molecule has 106 valence electrons. The third-order valence-corrected chi connectivity index (χ3v) is 3.06. The van der Waals surface area contributed by atoms with E-state index in [9.17, 15) is 4.79 Å². The number of amides is 1. The van der Waals surface area contributed by atoms with Gasteiger partial charge in [0.1, 0.15) is 0 Å². The van der Waals surface area contributed by atoms with Gasteiger partial charge < -0.3 is 10.6 Å². The molecule has 0 radical (unpaired) electrons. The number of nitrogens with one attached hydrogen (secondary N) is 2. The van der Waals surface area contributed by atoms with E-state index in [-0.39, 0.29) is 5.91 Å². The number of hydrogen-bond donors (Lipinski definition) is 2. The third-order valence-electron chi connectivity index (χ3n) is 3.06. The topological polar surface area (TPSA) is 41.1 Å². The van der Waals surface area contributed by atoms with Crippen LogP contribution in [0.15, 0.2) is 18.2 Å². The minimum absolute atomic E-state index is 0.0280. The van der Waals surface area contributed by atoms with Gasteiger partial charge in [-0.15, -0.1) is 0 Å². The first-order valence-electron chi connectivity index (χ1n) is 7.17. The Balaban J connectivity index is 2.60. The van der Waals surface area contributed by atoms with Gasteiger partial charge in [-0.05, 0) is 49.4 Å². The predicted molar refractivity (Wildman–Crippen MR) is 81.7 cm³/mol. The van der Waals surface area contributed by atoms with Crippen molar-refractivity contribution in [2.45, 2.75) is 40.5 Å². The van der Waals surface area contributed by atoms with Crippen molar-refractivity contribution < 1.29 is 4.79 Å². The van der Waals surface area contributed by atoms with E-state index >= 15 is 0 Å². The third kappa shape index (κ3) is 5.33. The molecular formula is C16H26N2O. The molecule has 0 saturated heterocycles. The van der Waals surface area contributed by atoms with Gasteiger partial charge in [0.25, 0.3) is 5.91 Å².